The van der Waals surface area contributed by atoms with Gasteiger partial charge in [0.05, 0.1) is 22.0 Å². The van der Waals surface area contributed by atoms with Crippen LogP contribution in [0.3, 0.4) is 0 Å². The molecule has 9 heteroatoms. The van der Waals surface area contributed by atoms with E-state index in [9.17, 15) is 18.0 Å². The van der Waals surface area contributed by atoms with Crippen LogP contribution in [0.15, 0.2) is 24.3 Å². The molecule has 2 amide bonds. The highest BCUT2D eigenvalue weighted by Gasteiger charge is 2.30. The molecule has 25 heavy (non-hydrogen) atoms. The number of nitrogens with zero attached hydrogens (tertiary/aromatic N) is 2. The lowest BCUT2D eigenvalue weighted by Gasteiger charge is -2.11. The van der Waals surface area contributed by atoms with Gasteiger partial charge in [-0.15, -0.1) is 0 Å². The standard InChI is InChI=1S/C16H18ClF3N4O/c1-10-14(17)11(2)24(23-10)8-4-7-21-15(25)22-13-6-3-5-12(9-13)16(18,19)20/h3,5-6,9H,4,7-8H2,1-2H3,(H2,21,22,25). The summed E-state index contributed by atoms with van der Waals surface area (Å²) in [5, 5.41) is 9.88. The van der Waals surface area contributed by atoms with Crippen LogP contribution in [0.2, 0.25) is 5.02 Å². The van der Waals surface area contributed by atoms with E-state index < -0.39 is 17.8 Å². The normalized spacial score (nSPS) is 11.4. The zero-order valence-corrected chi connectivity index (χ0v) is 14.5. The molecular weight excluding hydrogens is 357 g/mol. The van der Waals surface area contributed by atoms with Gasteiger partial charge < -0.3 is 10.6 Å². The molecule has 0 radical (unpaired) electrons. The van der Waals surface area contributed by atoms with Crippen LogP contribution in [0.5, 0.6) is 0 Å². The Morgan fingerprint density at radius 2 is 2.04 bits per heavy atom. The van der Waals surface area contributed by atoms with E-state index in [-0.39, 0.29) is 5.69 Å². The van der Waals surface area contributed by atoms with Crippen LogP contribution in [0.1, 0.15) is 23.4 Å². The van der Waals surface area contributed by atoms with E-state index >= 15 is 0 Å². The van der Waals surface area contributed by atoms with Crippen molar-refractivity contribution in [2.75, 3.05) is 11.9 Å². The van der Waals surface area contributed by atoms with Crippen LogP contribution in [0, 0.1) is 13.8 Å². The van der Waals surface area contributed by atoms with Gasteiger partial charge in [-0.25, -0.2) is 4.79 Å². The van der Waals surface area contributed by atoms with E-state index in [1.807, 2.05) is 13.8 Å². The van der Waals surface area contributed by atoms with Gasteiger partial charge >= 0.3 is 12.2 Å². The molecule has 0 aliphatic heterocycles. The maximum Gasteiger partial charge on any atom is 0.416 e. The minimum atomic E-state index is -4.45. The minimum absolute atomic E-state index is 0.0812. The Bertz CT molecular complexity index is 758. The molecule has 0 saturated carbocycles. The monoisotopic (exact) mass is 374 g/mol. The van der Waals surface area contributed by atoms with Gasteiger partial charge in [-0.1, -0.05) is 17.7 Å². The van der Waals surface area contributed by atoms with Crippen LogP contribution in [-0.4, -0.2) is 22.4 Å². The number of hydrogen-bond acceptors (Lipinski definition) is 2. The van der Waals surface area contributed by atoms with E-state index in [1.54, 1.807) is 4.68 Å². The maximum absolute atomic E-state index is 12.6. The third-order valence-corrected chi connectivity index (χ3v) is 4.12. The molecule has 1 aromatic carbocycles. The van der Waals surface area contributed by atoms with Gasteiger partial charge in [0.15, 0.2) is 0 Å². The fourth-order valence-electron chi connectivity index (χ4n) is 2.27. The maximum atomic E-state index is 12.6. The second-order valence-electron chi connectivity index (χ2n) is 5.52. The van der Waals surface area contributed by atoms with Crippen molar-refractivity contribution in [3.63, 3.8) is 0 Å². The van der Waals surface area contributed by atoms with Crippen molar-refractivity contribution in [3.8, 4) is 0 Å². The molecular formula is C16H18ClF3N4O. The highest BCUT2D eigenvalue weighted by molar-refractivity contribution is 6.31. The number of rotatable bonds is 5. The summed E-state index contributed by atoms with van der Waals surface area (Å²) in [6.07, 6.45) is -3.84. The summed E-state index contributed by atoms with van der Waals surface area (Å²) in [5.74, 6) is 0. The first kappa shape index (κ1) is 19.1. The Balaban J connectivity index is 1.80. The molecule has 0 unspecified atom stereocenters. The Morgan fingerprint density at radius 3 is 2.64 bits per heavy atom. The Hall–Kier alpha value is -2.22. The Labute approximate surface area is 148 Å². The van der Waals surface area contributed by atoms with E-state index in [1.165, 1.54) is 12.1 Å². The number of carbonyl (C=O) groups excluding carboxylic acids is 1. The molecule has 1 heterocycles. The molecule has 2 N–H and O–H groups in total. The number of anilines is 1. The third kappa shape index (κ3) is 5.12. The van der Waals surface area contributed by atoms with Gasteiger partial charge in [0.25, 0.3) is 0 Å². The van der Waals surface area contributed by atoms with Gasteiger partial charge in [-0.3, -0.25) is 4.68 Å². The van der Waals surface area contributed by atoms with Gasteiger partial charge in [0.2, 0.25) is 0 Å². The fraction of sp³-hybridized carbons (Fsp3) is 0.375. The van der Waals surface area contributed by atoms with Crippen molar-refractivity contribution in [1.82, 2.24) is 15.1 Å². The topological polar surface area (TPSA) is 59.0 Å². The smallest absolute Gasteiger partial charge is 0.338 e. The van der Waals surface area contributed by atoms with Crippen LogP contribution in [0.4, 0.5) is 23.7 Å². The lowest BCUT2D eigenvalue weighted by molar-refractivity contribution is -0.137. The second-order valence-corrected chi connectivity index (χ2v) is 5.90. The van der Waals surface area contributed by atoms with Crippen molar-refractivity contribution in [2.45, 2.75) is 33.0 Å². The van der Waals surface area contributed by atoms with Crippen molar-refractivity contribution in [2.24, 2.45) is 0 Å². The largest absolute Gasteiger partial charge is 0.416 e. The Kier molecular flexibility index (Phi) is 5.94. The number of urea groups is 1. The fourth-order valence-corrected chi connectivity index (χ4v) is 2.41. The third-order valence-electron chi connectivity index (χ3n) is 3.57. The van der Waals surface area contributed by atoms with Crippen LogP contribution >= 0.6 is 11.6 Å². The lowest BCUT2D eigenvalue weighted by Crippen LogP contribution is -2.30. The first-order valence-electron chi connectivity index (χ1n) is 7.60. The van der Waals surface area contributed by atoms with Gasteiger partial charge in [-0.2, -0.15) is 18.3 Å². The molecule has 0 saturated heterocycles. The lowest BCUT2D eigenvalue weighted by atomic mass is 10.2. The van der Waals surface area contributed by atoms with Crippen molar-refractivity contribution in [1.29, 1.82) is 0 Å². The first-order valence-corrected chi connectivity index (χ1v) is 7.98. The number of nitrogens with one attached hydrogen (secondary N) is 2. The summed E-state index contributed by atoms with van der Waals surface area (Å²) in [6, 6.07) is 3.91. The molecule has 0 spiro atoms. The molecule has 0 aliphatic rings. The van der Waals surface area contributed by atoms with Crippen LogP contribution < -0.4 is 10.6 Å². The molecule has 0 atom stereocenters. The van der Waals surface area contributed by atoms with Crippen molar-refractivity contribution < 1.29 is 18.0 Å². The number of carbonyl (C=O) groups is 1. The summed E-state index contributed by atoms with van der Waals surface area (Å²) < 4.78 is 39.6. The van der Waals surface area contributed by atoms with Gasteiger partial charge in [0.1, 0.15) is 0 Å². The summed E-state index contributed by atoms with van der Waals surface area (Å²) in [6.45, 7) is 4.59. The highest BCUT2D eigenvalue weighted by Crippen LogP contribution is 2.30. The summed E-state index contributed by atoms with van der Waals surface area (Å²) in [7, 11) is 0. The number of halogens is 4. The number of aryl methyl sites for hydroxylation is 2. The summed E-state index contributed by atoms with van der Waals surface area (Å²) >= 11 is 6.05. The number of hydrogen-bond donors (Lipinski definition) is 2. The quantitative estimate of drug-likeness (QED) is 0.763. The molecule has 0 aliphatic carbocycles. The van der Waals surface area contributed by atoms with E-state index in [4.69, 9.17) is 11.6 Å². The predicted molar refractivity (Wildman–Crippen MR) is 89.8 cm³/mol. The van der Waals surface area contributed by atoms with Crippen LogP contribution in [0.25, 0.3) is 0 Å². The van der Waals surface area contributed by atoms with Crippen molar-refractivity contribution >= 4 is 23.3 Å². The summed E-state index contributed by atoms with van der Waals surface area (Å²) in [4.78, 5) is 11.8. The Morgan fingerprint density at radius 1 is 1.32 bits per heavy atom. The second kappa shape index (κ2) is 7.77. The average molecular weight is 375 g/mol. The summed E-state index contributed by atoms with van der Waals surface area (Å²) in [5.41, 5.74) is 0.867. The van der Waals surface area contributed by atoms with E-state index in [0.717, 1.165) is 23.5 Å². The number of amides is 2. The SMILES string of the molecule is Cc1nn(CCCNC(=O)Nc2cccc(C(F)(F)F)c2)c(C)c1Cl. The first-order chi connectivity index (χ1) is 11.7. The van der Waals surface area contributed by atoms with Crippen LogP contribution in [-0.2, 0) is 12.7 Å². The zero-order valence-electron chi connectivity index (χ0n) is 13.7. The van der Waals surface area contributed by atoms with E-state index in [2.05, 4.69) is 15.7 Å². The van der Waals surface area contributed by atoms with Gasteiger partial charge in [0, 0.05) is 18.8 Å². The molecule has 1 aromatic heterocycles. The zero-order chi connectivity index (χ0) is 18.6. The number of benzene rings is 1. The molecule has 5 nitrogen and oxygen atoms in total. The van der Waals surface area contributed by atoms with E-state index in [0.29, 0.717) is 24.5 Å². The van der Waals surface area contributed by atoms with Crippen molar-refractivity contribution in [3.05, 3.63) is 46.2 Å². The van der Waals surface area contributed by atoms with Gasteiger partial charge in [-0.05, 0) is 38.5 Å². The minimum Gasteiger partial charge on any atom is -0.338 e. The molecule has 0 bridgehead atoms. The molecule has 136 valence electrons. The molecule has 2 rings (SSSR count). The average Bonchev–Trinajstić information content (AvgIpc) is 2.78. The number of alkyl halides is 3. The predicted octanol–water partition coefficient (Wildman–Crippen LogP) is 4.38. The number of aromatic nitrogens is 2. The molecule has 0 fully saturated rings. The highest BCUT2D eigenvalue weighted by atomic mass is 35.5. The molecule has 2 aromatic rings.